The first-order valence-corrected chi connectivity index (χ1v) is 12.1. The number of hydrogen-bond donors (Lipinski definition) is 0. The van der Waals surface area contributed by atoms with Gasteiger partial charge < -0.3 is 14.4 Å². The average molecular weight is 446 g/mol. The largest absolute Gasteiger partial charge is 0.354 e. The van der Waals surface area contributed by atoms with Crippen molar-refractivity contribution in [2.75, 3.05) is 63.9 Å². The molecule has 2 fully saturated rings. The molecule has 0 amide bonds. The van der Waals surface area contributed by atoms with Gasteiger partial charge in [0.2, 0.25) is 15.8 Å². The van der Waals surface area contributed by atoms with E-state index >= 15 is 0 Å². The van der Waals surface area contributed by atoms with E-state index in [1.165, 1.54) is 4.31 Å². The number of ether oxygens (including phenoxy) is 2. The number of aromatic nitrogens is 2. The van der Waals surface area contributed by atoms with Gasteiger partial charge in [0.1, 0.15) is 12.1 Å². The number of benzene rings is 1. The van der Waals surface area contributed by atoms with E-state index in [-0.39, 0.29) is 6.54 Å². The molecule has 0 bridgehead atoms. The molecule has 0 saturated carbocycles. The minimum Gasteiger partial charge on any atom is -0.354 e. The molecule has 2 aromatic rings. The zero-order chi connectivity index (χ0) is 21.3. The van der Waals surface area contributed by atoms with E-state index in [9.17, 15) is 8.42 Å². The molecule has 3 aliphatic rings. The van der Waals surface area contributed by atoms with E-state index in [1.807, 2.05) is 12.1 Å². The van der Waals surface area contributed by atoms with E-state index in [0.717, 1.165) is 45.0 Å². The zero-order valence-electron chi connectivity index (χ0n) is 17.4. The van der Waals surface area contributed by atoms with Crippen LogP contribution in [0.3, 0.4) is 0 Å². The van der Waals surface area contributed by atoms with Gasteiger partial charge in [0.15, 0.2) is 0 Å². The molecular formula is C21H27N5O4S. The van der Waals surface area contributed by atoms with Gasteiger partial charge in [0.25, 0.3) is 0 Å². The van der Waals surface area contributed by atoms with Crippen LogP contribution in [-0.2, 0) is 25.3 Å². The van der Waals surface area contributed by atoms with Crippen LogP contribution in [0.15, 0.2) is 47.8 Å². The molecule has 9 nitrogen and oxygen atoms in total. The molecule has 1 aromatic carbocycles. The summed E-state index contributed by atoms with van der Waals surface area (Å²) in [4.78, 5) is 13.2. The predicted molar refractivity (Wildman–Crippen MR) is 114 cm³/mol. The molecule has 1 spiro atoms. The van der Waals surface area contributed by atoms with Crippen molar-refractivity contribution >= 4 is 15.8 Å². The third kappa shape index (κ3) is 3.94. The topological polar surface area (TPSA) is 88.1 Å². The van der Waals surface area contributed by atoms with Crippen molar-refractivity contribution < 1.29 is 17.9 Å². The van der Waals surface area contributed by atoms with Gasteiger partial charge in [-0.25, -0.2) is 18.4 Å². The normalized spacial score (nSPS) is 23.2. The Balaban J connectivity index is 1.20. The minimum atomic E-state index is -3.56. The SMILES string of the molecule is O=S1(=O)c2ccccc2C2(CN1CCCN1CCN(c3ccncn3)CC1)OCCO2. The lowest BCUT2D eigenvalue weighted by Gasteiger charge is -2.40. The van der Waals surface area contributed by atoms with E-state index in [0.29, 0.717) is 30.2 Å². The molecule has 0 aliphatic carbocycles. The highest BCUT2D eigenvalue weighted by atomic mass is 32.2. The monoisotopic (exact) mass is 445 g/mol. The number of piperazine rings is 1. The van der Waals surface area contributed by atoms with Crippen LogP contribution in [0.2, 0.25) is 0 Å². The van der Waals surface area contributed by atoms with Gasteiger partial charge in [-0.15, -0.1) is 0 Å². The van der Waals surface area contributed by atoms with Crippen LogP contribution in [-0.4, -0.2) is 86.6 Å². The number of anilines is 1. The first-order valence-electron chi connectivity index (χ1n) is 10.7. The van der Waals surface area contributed by atoms with Gasteiger partial charge in [-0.2, -0.15) is 4.31 Å². The third-order valence-electron chi connectivity index (χ3n) is 6.20. The molecular weight excluding hydrogens is 418 g/mol. The molecule has 1 aromatic heterocycles. The molecule has 2 saturated heterocycles. The maximum atomic E-state index is 13.2. The lowest BCUT2D eigenvalue weighted by Crippen LogP contribution is -2.51. The molecule has 10 heteroatoms. The number of hydrogen-bond acceptors (Lipinski definition) is 8. The highest BCUT2D eigenvalue weighted by molar-refractivity contribution is 7.89. The molecule has 0 unspecified atom stereocenters. The fraction of sp³-hybridized carbons (Fsp3) is 0.524. The first kappa shape index (κ1) is 20.8. The van der Waals surface area contributed by atoms with Crippen LogP contribution in [0.1, 0.15) is 12.0 Å². The van der Waals surface area contributed by atoms with Crippen LogP contribution in [0.4, 0.5) is 5.82 Å². The number of sulfonamides is 1. The summed E-state index contributed by atoms with van der Waals surface area (Å²) in [5, 5.41) is 0. The van der Waals surface area contributed by atoms with Crippen molar-refractivity contribution in [3.05, 3.63) is 48.4 Å². The summed E-state index contributed by atoms with van der Waals surface area (Å²) >= 11 is 0. The van der Waals surface area contributed by atoms with Crippen molar-refractivity contribution in [2.45, 2.75) is 17.1 Å². The molecule has 166 valence electrons. The second-order valence-corrected chi connectivity index (χ2v) is 9.94. The Hall–Kier alpha value is -2.11. The smallest absolute Gasteiger partial charge is 0.243 e. The second kappa shape index (κ2) is 8.44. The lowest BCUT2D eigenvalue weighted by atomic mass is 10.1. The van der Waals surface area contributed by atoms with Crippen LogP contribution in [0, 0.1) is 0 Å². The van der Waals surface area contributed by atoms with E-state index in [1.54, 1.807) is 30.7 Å². The van der Waals surface area contributed by atoms with Crippen molar-refractivity contribution in [2.24, 2.45) is 0 Å². The number of nitrogens with zero attached hydrogens (tertiary/aromatic N) is 5. The molecule has 31 heavy (non-hydrogen) atoms. The van der Waals surface area contributed by atoms with Crippen molar-refractivity contribution in [3.63, 3.8) is 0 Å². The first-order chi connectivity index (χ1) is 15.1. The molecule has 0 radical (unpaired) electrons. The Labute approximate surface area is 182 Å². The molecule has 3 aliphatic heterocycles. The number of fused-ring (bicyclic) bond motifs is 2. The summed E-state index contributed by atoms with van der Waals surface area (Å²) < 4.78 is 39.8. The Bertz CT molecular complexity index is 1010. The maximum Gasteiger partial charge on any atom is 0.243 e. The fourth-order valence-electron chi connectivity index (χ4n) is 4.59. The van der Waals surface area contributed by atoms with E-state index in [2.05, 4.69) is 19.8 Å². The van der Waals surface area contributed by atoms with Crippen molar-refractivity contribution in [1.29, 1.82) is 0 Å². The maximum absolute atomic E-state index is 13.2. The summed E-state index contributed by atoms with van der Waals surface area (Å²) in [7, 11) is -3.56. The van der Waals surface area contributed by atoms with Gasteiger partial charge in [0.05, 0.1) is 24.7 Å². The van der Waals surface area contributed by atoms with Crippen LogP contribution >= 0.6 is 0 Å². The van der Waals surface area contributed by atoms with Crippen molar-refractivity contribution in [1.82, 2.24) is 19.2 Å². The van der Waals surface area contributed by atoms with Gasteiger partial charge in [-0.05, 0) is 25.1 Å². The van der Waals surface area contributed by atoms with Gasteiger partial charge in [0, 0.05) is 44.5 Å². The molecule has 0 N–H and O–H groups in total. The van der Waals surface area contributed by atoms with Crippen LogP contribution in [0.25, 0.3) is 0 Å². The Kier molecular flexibility index (Phi) is 5.65. The Morgan fingerprint density at radius 2 is 1.77 bits per heavy atom. The second-order valence-electron chi connectivity index (χ2n) is 8.03. The Morgan fingerprint density at radius 1 is 1.00 bits per heavy atom. The van der Waals surface area contributed by atoms with Crippen LogP contribution in [0.5, 0.6) is 0 Å². The summed E-state index contributed by atoms with van der Waals surface area (Å²) in [6, 6.07) is 8.96. The van der Waals surface area contributed by atoms with Crippen molar-refractivity contribution in [3.8, 4) is 0 Å². The fourth-order valence-corrected chi connectivity index (χ4v) is 6.33. The number of rotatable bonds is 5. The van der Waals surface area contributed by atoms with Gasteiger partial charge in [-0.1, -0.05) is 18.2 Å². The molecule has 5 rings (SSSR count). The zero-order valence-corrected chi connectivity index (χ0v) is 18.2. The lowest BCUT2D eigenvalue weighted by molar-refractivity contribution is -0.176. The highest BCUT2D eigenvalue weighted by Crippen LogP contribution is 2.41. The summed E-state index contributed by atoms with van der Waals surface area (Å²) in [5.74, 6) is -0.0278. The molecule has 0 atom stereocenters. The van der Waals surface area contributed by atoms with Crippen LogP contribution < -0.4 is 4.90 Å². The summed E-state index contributed by atoms with van der Waals surface area (Å²) in [6.45, 7) is 6.09. The average Bonchev–Trinajstić information content (AvgIpc) is 3.28. The van der Waals surface area contributed by atoms with Gasteiger partial charge in [-0.3, -0.25) is 4.90 Å². The summed E-state index contributed by atoms with van der Waals surface area (Å²) in [6.07, 6.45) is 4.09. The summed E-state index contributed by atoms with van der Waals surface area (Å²) in [5.41, 5.74) is 0.615. The quantitative estimate of drug-likeness (QED) is 0.671. The minimum absolute atomic E-state index is 0.202. The highest BCUT2D eigenvalue weighted by Gasteiger charge is 2.50. The predicted octanol–water partition coefficient (Wildman–Crippen LogP) is 0.893. The van der Waals surface area contributed by atoms with E-state index < -0.39 is 15.8 Å². The standard InChI is InChI=1S/C21H27N5O4S/c27-31(28)19-5-2-1-4-18(19)21(29-14-15-30-21)16-26(31)9-3-8-24-10-12-25(13-11-24)20-6-7-22-17-23-20/h1-2,4-7,17H,3,8-16H2. The third-order valence-corrected chi connectivity index (χ3v) is 8.10. The Morgan fingerprint density at radius 3 is 2.52 bits per heavy atom. The van der Waals surface area contributed by atoms with Gasteiger partial charge >= 0.3 is 0 Å². The van der Waals surface area contributed by atoms with E-state index in [4.69, 9.17) is 9.47 Å². The molecule has 4 heterocycles.